The van der Waals surface area contributed by atoms with Crippen LogP contribution in [0, 0.1) is 13.8 Å². The van der Waals surface area contributed by atoms with E-state index in [-0.39, 0.29) is 0 Å². The number of rotatable bonds is 3. The highest BCUT2D eigenvalue weighted by atomic mass is 35.5. The van der Waals surface area contributed by atoms with Crippen LogP contribution in [0.2, 0.25) is 10.0 Å². The predicted octanol–water partition coefficient (Wildman–Crippen LogP) is 3.98. The summed E-state index contributed by atoms with van der Waals surface area (Å²) < 4.78 is 5.52. The van der Waals surface area contributed by atoms with Gasteiger partial charge >= 0.3 is 6.01 Å². The summed E-state index contributed by atoms with van der Waals surface area (Å²) in [5.41, 5.74) is 2.55. The van der Waals surface area contributed by atoms with Gasteiger partial charge in [0.1, 0.15) is 6.61 Å². The molecule has 1 heterocycles. The molecular formula is C13H12Cl2N2O. The molecule has 3 nitrogen and oxygen atoms in total. The van der Waals surface area contributed by atoms with Crippen molar-refractivity contribution in [3.05, 3.63) is 51.3 Å². The Morgan fingerprint density at radius 3 is 2.39 bits per heavy atom. The lowest BCUT2D eigenvalue weighted by atomic mass is 10.2. The lowest BCUT2D eigenvalue weighted by Gasteiger charge is -2.07. The number of halogens is 2. The fourth-order valence-corrected chi connectivity index (χ4v) is 1.92. The molecule has 0 unspecified atom stereocenters. The van der Waals surface area contributed by atoms with Crippen LogP contribution >= 0.6 is 23.2 Å². The summed E-state index contributed by atoms with van der Waals surface area (Å²) in [5.74, 6) is 0. The molecule has 0 spiro atoms. The van der Waals surface area contributed by atoms with Crippen LogP contribution in [0.4, 0.5) is 0 Å². The van der Waals surface area contributed by atoms with Gasteiger partial charge in [0.15, 0.2) is 0 Å². The summed E-state index contributed by atoms with van der Waals surface area (Å²) in [5, 5.41) is 1.24. The van der Waals surface area contributed by atoms with Crippen LogP contribution in [0.1, 0.15) is 17.0 Å². The maximum absolute atomic E-state index is 6.05. The molecule has 0 radical (unpaired) electrons. The van der Waals surface area contributed by atoms with Gasteiger partial charge < -0.3 is 4.74 Å². The van der Waals surface area contributed by atoms with E-state index in [4.69, 9.17) is 27.9 Å². The largest absolute Gasteiger partial charge is 0.459 e. The van der Waals surface area contributed by atoms with E-state index in [1.165, 1.54) is 0 Å². The van der Waals surface area contributed by atoms with Gasteiger partial charge in [-0.05, 0) is 38.1 Å². The minimum absolute atomic E-state index is 0.294. The predicted molar refractivity (Wildman–Crippen MR) is 72.3 cm³/mol. The Kier molecular flexibility index (Phi) is 4.04. The van der Waals surface area contributed by atoms with Crippen LogP contribution in [0.25, 0.3) is 0 Å². The summed E-state index contributed by atoms with van der Waals surface area (Å²) in [6, 6.07) is 7.49. The molecule has 18 heavy (non-hydrogen) atoms. The van der Waals surface area contributed by atoms with E-state index < -0.39 is 0 Å². The molecule has 0 aliphatic heterocycles. The second-order valence-electron chi connectivity index (χ2n) is 3.96. The van der Waals surface area contributed by atoms with Gasteiger partial charge in [-0.1, -0.05) is 23.2 Å². The lowest BCUT2D eigenvalue weighted by Crippen LogP contribution is -2.02. The highest BCUT2D eigenvalue weighted by Gasteiger charge is 2.05. The zero-order valence-corrected chi connectivity index (χ0v) is 11.6. The average molecular weight is 283 g/mol. The van der Waals surface area contributed by atoms with E-state index in [2.05, 4.69) is 9.97 Å². The van der Waals surface area contributed by atoms with Crippen LogP contribution in [0.5, 0.6) is 6.01 Å². The van der Waals surface area contributed by atoms with Crippen LogP contribution in [-0.4, -0.2) is 9.97 Å². The molecule has 0 aliphatic carbocycles. The Morgan fingerprint density at radius 2 is 1.72 bits per heavy atom. The second kappa shape index (κ2) is 5.55. The molecule has 0 atom stereocenters. The third kappa shape index (κ3) is 3.34. The third-order valence-electron chi connectivity index (χ3n) is 2.33. The SMILES string of the molecule is Cc1cc(C)nc(OCc2cc(Cl)ccc2Cl)n1. The first-order valence-electron chi connectivity index (χ1n) is 5.43. The quantitative estimate of drug-likeness (QED) is 0.854. The molecule has 2 rings (SSSR count). The molecule has 5 heteroatoms. The molecule has 0 bridgehead atoms. The van der Waals surface area contributed by atoms with Crippen molar-refractivity contribution in [2.75, 3.05) is 0 Å². The molecule has 0 N–H and O–H groups in total. The van der Waals surface area contributed by atoms with Crippen molar-refractivity contribution in [2.45, 2.75) is 20.5 Å². The minimum atomic E-state index is 0.294. The van der Waals surface area contributed by atoms with Gasteiger partial charge in [0.05, 0.1) is 0 Å². The maximum Gasteiger partial charge on any atom is 0.317 e. The summed E-state index contributed by atoms with van der Waals surface area (Å²) in [6.07, 6.45) is 0. The Labute approximate surface area is 116 Å². The summed E-state index contributed by atoms with van der Waals surface area (Å²) in [6.45, 7) is 4.09. The summed E-state index contributed by atoms with van der Waals surface area (Å²) >= 11 is 11.9. The Bertz CT molecular complexity index is 553. The first-order valence-corrected chi connectivity index (χ1v) is 6.19. The van der Waals surface area contributed by atoms with Gasteiger partial charge in [0.25, 0.3) is 0 Å². The number of aromatic nitrogens is 2. The number of nitrogens with zero attached hydrogens (tertiary/aromatic N) is 2. The van der Waals surface area contributed by atoms with E-state index in [9.17, 15) is 0 Å². The van der Waals surface area contributed by atoms with Crippen molar-refractivity contribution >= 4 is 23.2 Å². The number of benzene rings is 1. The highest BCUT2D eigenvalue weighted by molar-refractivity contribution is 6.33. The first-order chi connectivity index (χ1) is 8.54. The van der Waals surface area contributed by atoms with Crippen molar-refractivity contribution in [3.63, 3.8) is 0 Å². The van der Waals surface area contributed by atoms with Crippen LogP contribution in [0.15, 0.2) is 24.3 Å². The van der Waals surface area contributed by atoms with E-state index in [0.29, 0.717) is 22.7 Å². The molecule has 0 fully saturated rings. The third-order valence-corrected chi connectivity index (χ3v) is 2.93. The monoisotopic (exact) mass is 282 g/mol. The van der Waals surface area contributed by atoms with Crippen molar-refractivity contribution in [2.24, 2.45) is 0 Å². The van der Waals surface area contributed by atoms with Gasteiger partial charge in [-0.25, -0.2) is 9.97 Å². The number of aryl methyl sites for hydroxylation is 2. The van der Waals surface area contributed by atoms with Crippen LogP contribution in [-0.2, 0) is 6.61 Å². The van der Waals surface area contributed by atoms with E-state index >= 15 is 0 Å². The molecule has 94 valence electrons. The van der Waals surface area contributed by atoms with E-state index in [1.807, 2.05) is 19.9 Å². The van der Waals surface area contributed by atoms with Gasteiger partial charge in [-0.3, -0.25) is 0 Å². The number of hydrogen-bond acceptors (Lipinski definition) is 3. The fourth-order valence-electron chi connectivity index (χ4n) is 1.55. The Hall–Kier alpha value is -1.32. The minimum Gasteiger partial charge on any atom is -0.459 e. The van der Waals surface area contributed by atoms with E-state index in [0.717, 1.165) is 17.0 Å². The lowest BCUT2D eigenvalue weighted by molar-refractivity contribution is 0.279. The normalized spacial score (nSPS) is 10.4. The second-order valence-corrected chi connectivity index (χ2v) is 4.80. The van der Waals surface area contributed by atoms with Crippen molar-refractivity contribution in [1.82, 2.24) is 9.97 Å². The van der Waals surface area contributed by atoms with Crippen LogP contribution in [0.3, 0.4) is 0 Å². The smallest absolute Gasteiger partial charge is 0.317 e. The van der Waals surface area contributed by atoms with Gasteiger partial charge in [-0.2, -0.15) is 0 Å². The van der Waals surface area contributed by atoms with Crippen molar-refractivity contribution in [3.8, 4) is 6.01 Å². The molecular weight excluding hydrogens is 271 g/mol. The maximum atomic E-state index is 6.05. The van der Waals surface area contributed by atoms with Gasteiger partial charge in [-0.15, -0.1) is 0 Å². The van der Waals surface area contributed by atoms with E-state index in [1.54, 1.807) is 18.2 Å². The molecule has 0 saturated heterocycles. The fraction of sp³-hybridized carbons (Fsp3) is 0.231. The number of ether oxygens (including phenoxy) is 1. The van der Waals surface area contributed by atoms with Crippen molar-refractivity contribution in [1.29, 1.82) is 0 Å². The molecule has 2 aromatic rings. The zero-order chi connectivity index (χ0) is 13.1. The highest BCUT2D eigenvalue weighted by Crippen LogP contribution is 2.21. The molecule has 1 aromatic heterocycles. The standard InChI is InChI=1S/C13H12Cl2N2O/c1-8-5-9(2)17-13(16-8)18-7-10-6-11(14)3-4-12(10)15/h3-6H,7H2,1-2H3. The Balaban J connectivity index is 2.13. The topological polar surface area (TPSA) is 35.0 Å². The summed E-state index contributed by atoms with van der Waals surface area (Å²) in [7, 11) is 0. The molecule has 1 aromatic carbocycles. The Morgan fingerprint density at radius 1 is 1.06 bits per heavy atom. The average Bonchev–Trinajstić information content (AvgIpc) is 2.29. The van der Waals surface area contributed by atoms with Gasteiger partial charge in [0, 0.05) is 27.0 Å². The van der Waals surface area contributed by atoms with Crippen molar-refractivity contribution < 1.29 is 4.74 Å². The van der Waals surface area contributed by atoms with Crippen LogP contribution < -0.4 is 4.74 Å². The molecule has 0 saturated carbocycles. The molecule has 0 amide bonds. The zero-order valence-electron chi connectivity index (χ0n) is 10.1. The first kappa shape index (κ1) is 13.1. The number of hydrogen-bond donors (Lipinski definition) is 0. The summed E-state index contributed by atoms with van der Waals surface area (Å²) in [4.78, 5) is 8.38. The molecule has 0 aliphatic rings. The van der Waals surface area contributed by atoms with Gasteiger partial charge in [0.2, 0.25) is 0 Å².